The van der Waals surface area contributed by atoms with Gasteiger partial charge in [-0.1, -0.05) is 6.07 Å². The van der Waals surface area contributed by atoms with Crippen molar-refractivity contribution in [3.8, 4) is 0 Å². The summed E-state index contributed by atoms with van der Waals surface area (Å²) in [7, 11) is 1.41. The molecule has 23 heavy (non-hydrogen) atoms. The molecule has 1 saturated heterocycles. The maximum absolute atomic E-state index is 13.7. The maximum Gasteiger partial charge on any atom is 0.239 e. The van der Waals surface area contributed by atoms with Crippen LogP contribution in [0.2, 0.25) is 0 Å². The van der Waals surface area contributed by atoms with E-state index < -0.39 is 41.2 Å². The number of hydrogen-bond donors (Lipinski definition) is 2. The third kappa shape index (κ3) is 4.37. The number of nitrogens with one attached hydrogen (secondary N) is 1. The molecule has 2 amide bonds. The van der Waals surface area contributed by atoms with Gasteiger partial charge in [-0.3, -0.25) is 9.59 Å². The molecule has 1 heterocycles. The lowest BCUT2D eigenvalue weighted by atomic mass is 10.2. The van der Waals surface area contributed by atoms with Gasteiger partial charge < -0.3 is 20.7 Å². The number of benzene rings is 1. The largest absolute Gasteiger partial charge is 0.383 e. The second kappa shape index (κ2) is 8.19. The van der Waals surface area contributed by atoms with Crippen molar-refractivity contribution in [2.24, 2.45) is 5.73 Å². The molecule has 1 fully saturated rings. The summed E-state index contributed by atoms with van der Waals surface area (Å²) in [5.41, 5.74) is 5.18. The lowest BCUT2D eigenvalue weighted by molar-refractivity contribution is -0.124. The van der Waals surface area contributed by atoms with Crippen molar-refractivity contribution in [2.45, 2.75) is 18.5 Å². The third-order valence-electron chi connectivity index (χ3n) is 3.36. The molecule has 0 radical (unpaired) electrons. The number of hydrogen-bond acceptors (Lipinski definition) is 4. The highest BCUT2D eigenvalue weighted by Crippen LogP contribution is 2.27. The number of nitrogens with two attached hydrogens (primary N) is 1. The molecule has 6 nitrogen and oxygen atoms in total. The molecule has 0 bridgehead atoms. The van der Waals surface area contributed by atoms with Gasteiger partial charge in [0.05, 0.1) is 12.6 Å². The average molecular weight is 350 g/mol. The zero-order valence-corrected chi connectivity index (χ0v) is 13.2. The molecule has 2 unspecified atom stereocenters. The lowest BCUT2D eigenvalue weighted by Gasteiger charge is -2.19. The molecule has 2 rings (SSSR count). The highest BCUT2D eigenvalue weighted by atomic mass is 35.5. The smallest absolute Gasteiger partial charge is 0.239 e. The van der Waals surface area contributed by atoms with Gasteiger partial charge >= 0.3 is 0 Å². The summed E-state index contributed by atoms with van der Waals surface area (Å²) in [5.74, 6) is -2.59. The number of methoxy groups -OCH3 is 1. The quantitative estimate of drug-likeness (QED) is 0.814. The van der Waals surface area contributed by atoms with Gasteiger partial charge in [0, 0.05) is 20.1 Å². The van der Waals surface area contributed by atoms with Crippen molar-refractivity contribution in [3.63, 3.8) is 0 Å². The van der Waals surface area contributed by atoms with E-state index in [-0.39, 0.29) is 32.0 Å². The second-order valence-corrected chi connectivity index (χ2v) is 5.05. The van der Waals surface area contributed by atoms with E-state index in [0.717, 1.165) is 17.0 Å². The van der Waals surface area contributed by atoms with E-state index in [1.165, 1.54) is 13.2 Å². The average Bonchev–Trinajstić information content (AvgIpc) is 2.79. The second-order valence-electron chi connectivity index (χ2n) is 5.05. The molecular formula is C14H18ClF2N3O3. The number of carbonyl (C=O) groups excluding carboxylic acids is 2. The fraction of sp³-hybridized carbons (Fsp3) is 0.429. The van der Waals surface area contributed by atoms with E-state index in [1.54, 1.807) is 0 Å². The Balaban J connectivity index is 0.00000264. The number of para-hydroxylation sites is 1. The molecule has 128 valence electrons. The van der Waals surface area contributed by atoms with Gasteiger partial charge in [-0.05, 0) is 12.1 Å². The van der Waals surface area contributed by atoms with Crippen LogP contribution >= 0.6 is 12.4 Å². The topological polar surface area (TPSA) is 84.7 Å². The fourth-order valence-electron chi connectivity index (χ4n) is 2.33. The Kier molecular flexibility index (Phi) is 6.86. The van der Waals surface area contributed by atoms with E-state index in [4.69, 9.17) is 10.5 Å². The third-order valence-corrected chi connectivity index (χ3v) is 3.36. The van der Waals surface area contributed by atoms with Crippen molar-refractivity contribution in [1.82, 2.24) is 5.32 Å². The van der Waals surface area contributed by atoms with Crippen molar-refractivity contribution in [2.75, 3.05) is 25.2 Å². The van der Waals surface area contributed by atoms with E-state index in [1.807, 2.05) is 0 Å². The van der Waals surface area contributed by atoms with Crippen LogP contribution in [0.15, 0.2) is 18.2 Å². The number of halogens is 3. The Morgan fingerprint density at radius 3 is 2.65 bits per heavy atom. The zero-order chi connectivity index (χ0) is 16.3. The predicted octanol–water partition coefficient (Wildman–Crippen LogP) is 0.582. The minimum Gasteiger partial charge on any atom is -0.383 e. The minimum atomic E-state index is -0.862. The standard InChI is InChI=1S/C14H17F2N3O3.ClH/c1-22-7-11(17)14(21)18-8-5-12(20)19(6-8)13-9(15)3-2-4-10(13)16;/h2-4,8,11H,5-7,17H2,1H3,(H,18,21);1H. The molecule has 1 aromatic rings. The maximum atomic E-state index is 13.7. The van der Waals surface area contributed by atoms with Gasteiger partial charge in [0.15, 0.2) is 0 Å². The number of anilines is 1. The summed E-state index contributed by atoms with van der Waals surface area (Å²) in [6.45, 7) is 0.0281. The number of amides is 2. The summed E-state index contributed by atoms with van der Waals surface area (Å²) in [4.78, 5) is 24.7. The monoisotopic (exact) mass is 349 g/mol. The van der Waals surface area contributed by atoms with E-state index >= 15 is 0 Å². The summed E-state index contributed by atoms with van der Waals surface area (Å²) in [6, 6.07) is 1.96. The summed E-state index contributed by atoms with van der Waals surface area (Å²) >= 11 is 0. The molecule has 1 aliphatic rings. The normalized spacial score (nSPS) is 18.5. The summed E-state index contributed by atoms with van der Waals surface area (Å²) in [5, 5.41) is 2.58. The van der Waals surface area contributed by atoms with Gasteiger partial charge in [0.1, 0.15) is 23.4 Å². The molecule has 9 heteroatoms. The van der Waals surface area contributed by atoms with Crippen LogP contribution < -0.4 is 16.0 Å². The Labute approximate surface area is 138 Å². The Morgan fingerprint density at radius 2 is 2.09 bits per heavy atom. The SMILES string of the molecule is COCC(N)C(=O)NC1CC(=O)N(c2c(F)cccc2F)C1.Cl. The first kappa shape index (κ1) is 19.3. The molecule has 1 aromatic carbocycles. The van der Waals surface area contributed by atoms with Gasteiger partial charge in [0.2, 0.25) is 11.8 Å². The van der Waals surface area contributed by atoms with E-state index in [0.29, 0.717) is 0 Å². The molecular weight excluding hydrogens is 332 g/mol. The van der Waals surface area contributed by atoms with Crippen LogP contribution in [0.1, 0.15) is 6.42 Å². The van der Waals surface area contributed by atoms with Gasteiger partial charge in [0.25, 0.3) is 0 Å². The first-order chi connectivity index (χ1) is 10.4. The van der Waals surface area contributed by atoms with Crippen molar-refractivity contribution in [3.05, 3.63) is 29.8 Å². The molecule has 3 N–H and O–H groups in total. The number of rotatable bonds is 5. The van der Waals surface area contributed by atoms with Gasteiger partial charge in [-0.25, -0.2) is 8.78 Å². The van der Waals surface area contributed by atoms with Crippen LogP contribution in [0, 0.1) is 11.6 Å². The Bertz CT molecular complexity index is 568. The van der Waals surface area contributed by atoms with Crippen molar-refractivity contribution >= 4 is 29.9 Å². The molecule has 1 aliphatic heterocycles. The van der Waals surface area contributed by atoms with Crippen molar-refractivity contribution < 1.29 is 23.1 Å². The van der Waals surface area contributed by atoms with E-state index in [9.17, 15) is 18.4 Å². The molecule has 0 saturated carbocycles. The number of carbonyl (C=O) groups is 2. The van der Waals surface area contributed by atoms with Crippen molar-refractivity contribution in [1.29, 1.82) is 0 Å². The minimum absolute atomic E-state index is 0. The summed E-state index contributed by atoms with van der Waals surface area (Å²) < 4.78 is 32.2. The lowest BCUT2D eigenvalue weighted by Crippen LogP contribution is -2.48. The number of nitrogens with zero attached hydrogens (tertiary/aromatic N) is 1. The fourth-order valence-corrected chi connectivity index (χ4v) is 2.33. The van der Waals surface area contributed by atoms with Crippen LogP contribution in [0.25, 0.3) is 0 Å². The van der Waals surface area contributed by atoms with E-state index in [2.05, 4.69) is 5.32 Å². The molecule has 2 atom stereocenters. The van der Waals surface area contributed by atoms with Crippen LogP contribution in [0.3, 0.4) is 0 Å². The zero-order valence-electron chi connectivity index (χ0n) is 12.4. The molecule has 0 spiro atoms. The number of ether oxygens (including phenoxy) is 1. The highest BCUT2D eigenvalue weighted by Gasteiger charge is 2.35. The molecule has 0 aliphatic carbocycles. The van der Waals surface area contributed by atoms with Crippen LogP contribution in [0.5, 0.6) is 0 Å². The Morgan fingerprint density at radius 1 is 1.48 bits per heavy atom. The van der Waals surface area contributed by atoms with Crippen LogP contribution in [-0.4, -0.2) is 44.2 Å². The highest BCUT2D eigenvalue weighted by molar-refractivity contribution is 5.97. The Hall–Kier alpha value is -1.77. The first-order valence-corrected chi connectivity index (χ1v) is 6.73. The van der Waals surface area contributed by atoms with Crippen LogP contribution in [0.4, 0.5) is 14.5 Å². The predicted molar refractivity (Wildman–Crippen MR) is 82.4 cm³/mol. The summed E-state index contributed by atoms with van der Waals surface area (Å²) in [6.07, 6.45) is -0.0424. The van der Waals surface area contributed by atoms with Gasteiger partial charge in [-0.2, -0.15) is 0 Å². The molecule has 0 aromatic heterocycles. The van der Waals surface area contributed by atoms with Gasteiger partial charge in [-0.15, -0.1) is 12.4 Å². The van der Waals surface area contributed by atoms with Crippen LogP contribution in [-0.2, 0) is 14.3 Å². The first-order valence-electron chi connectivity index (χ1n) is 6.73.